The molecule has 0 saturated heterocycles. The van der Waals surface area contributed by atoms with E-state index in [0.29, 0.717) is 17.3 Å². The van der Waals surface area contributed by atoms with Gasteiger partial charge in [-0.2, -0.15) is 0 Å². The maximum Gasteiger partial charge on any atom is 0.269 e. The third-order valence-electron chi connectivity index (χ3n) is 3.85. The molecule has 1 aromatic rings. The zero-order valence-electron chi connectivity index (χ0n) is 11.4. The third-order valence-corrected chi connectivity index (χ3v) is 3.85. The van der Waals surface area contributed by atoms with Crippen molar-refractivity contribution in [2.45, 2.75) is 32.6 Å². The fourth-order valence-corrected chi connectivity index (χ4v) is 2.47. The van der Waals surface area contributed by atoms with E-state index < -0.39 is 0 Å². The molecular weight excluding hydrogens is 240 g/mol. The Kier molecular flexibility index (Phi) is 4.74. The van der Waals surface area contributed by atoms with Gasteiger partial charge in [0.05, 0.1) is 11.9 Å². The Morgan fingerprint density at radius 3 is 2.68 bits per heavy atom. The van der Waals surface area contributed by atoms with Crippen molar-refractivity contribution in [1.82, 2.24) is 10.3 Å². The van der Waals surface area contributed by atoms with Crippen LogP contribution in [0.2, 0.25) is 0 Å². The summed E-state index contributed by atoms with van der Waals surface area (Å²) in [5, 5.41) is 2.97. The summed E-state index contributed by atoms with van der Waals surface area (Å²) in [6.45, 7) is 3.05. The van der Waals surface area contributed by atoms with Crippen LogP contribution in [0.25, 0.3) is 0 Å². The molecule has 1 aliphatic rings. The van der Waals surface area contributed by atoms with Gasteiger partial charge in [-0.05, 0) is 36.8 Å². The number of nitrogen functional groups attached to an aromatic ring is 1. The number of hydrogen-bond donors (Lipinski definition) is 3. The number of carbonyl (C=O) groups is 1. The fourth-order valence-electron chi connectivity index (χ4n) is 2.47. The topological polar surface area (TPSA) is 80.0 Å². The average molecular weight is 262 g/mol. The number of amides is 1. The van der Waals surface area contributed by atoms with Gasteiger partial charge in [-0.3, -0.25) is 10.6 Å². The molecule has 0 aliphatic heterocycles. The van der Waals surface area contributed by atoms with Crippen molar-refractivity contribution in [1.29, 1.82) is 0 Å². The van der Waals surface area contributed by atoms with Crippen molar-refractivity contribution in [3.63, 3.8) is 0 Å². The summed E-state index contributed by atoms with van der Waals surface area (Å²) in [6.07, 6.45) is 6.53. The molecule has 0 radical (unpaired) electrons. The molecule has 104 valence electrons. The summed E-state index contributed by atoms with van der Waals surface area (Å²) in [7, 11) is 0. The van der Waals surface area contributed by atoms with Crippen LogP contribution in [0.3, 0.4) is 0 Å². The highest BCUT2D eigenvalue weighted by molar-refractivity contribution is 5.92. The highest BCUT2D eigenvalue weighted by Crippen LogP contribution is 2.27. The lowest BCUT2D eigenvalue weighted by Crippen LogP contribution is -2.31. The number of hydrazine groups is 1. The molecule has 0 bridgehead atoms. The Bertz CT molecular complexity index is 410. The van der Waals surface area contributed by atoms with Gasteiger partial charge in [0.2, 0.25) is 0 Å². The molecule has 5 heteroatoms. The highest BCUT2D eigenvalue weighted by Gasteiger charge is 2.19. The van der Waals surface area contributed by atoms with Crippen LogP contribution in [-0.4, -0.2) is 17.4 Å². The molecule has 1 amide bonds. The normalized spacial score (nSPS) is 22.8. The van der Waals surface area contributed by atoms with Gasteiger partial charge in [-0.25, -0.2) is 4.98 Å². The summed E-state index contributed by atoms with van der Waals surface area (Å²) < 4.78 is 0. The number of pyridine rings is 1. The maximum absolute atomic E-state index is 11.9. The molecule has 0 atom stereocenters. The van der Waals surface area contributed by atoms with Crippen molar-refractivity contribution in [3.8, 4) is 0 Å². The lowest BCUT2D eigenvalue weighted by Gasteiger charge is -2.26. The van der Waals surface area contributed by atoms with Gasteiger partial charge in [-0.1, -0.05) is 19.8 Å². The van der Waals surface area contributed by atoms with Crippen LogP contribution < -0.4 is 16.6 Å². The zero-order valence-corrected chi connectivity index (χ0v) is 11.4. The van der Waals surface area contributed by atoms with Crippen LogP contribution in [0, 0.1) is 11.8 Å². The number of aromatic nitrogens is 1. The minimum atomic E-state index is -0.109. The molecule has 1 aromatic heterocycles. The molecule has 1 aliphatic carbocycles. The number of nitrogens with one attached hydrogen (secondary N) is 2. The molecule has 19 heavy (non-hydrogen) atoms. The standard InChI is InChI=1S/C14H22N4O/c1-10-2-4-11(5-3-10)8-17-14(19)13-7-6-12(18-15)9-16-13/h6-7,9-11,18H,2-5,8,15H2,1H3,(H,17,19). The summed E-state index contributed by atoms with van der Waals surface area (Å²) in [4.78, 5) is 16.0. The number of anilines is 1. The van der Waals surface area contributed by atoms with E-state index in [1.807, 2.05) is 0 Å². The van der Waals surface area contributed by atoms with Crippen LogP contribution in [0.5, 0.6) is 0 Å². The number of carbonyl (C=O) groups excluding carboxylic acids is 1. The van der Waals surface area contributed by atoms with Gasteiger partial charge in [0.25, 0.3) is 5.91 Å². The Hall–Kier alpha value is -1.62. The van der Waals surface area contributed by atoms with Gasteiger partial charge in [-0.15, -0.1) is 0 Å². The van der Waals surface area contributed by atoms with Crippen molar-refractivity contribution in [2.24, 2.45) is 17.7 Å². The minimum Gasteiger partial charge on any atom is -0.350 e. The van der Waals surface area contributed by atoms with E-state index in [4.69, 9.17) is 5.84 Å². The zero-order chi connectivity index (χ0) is 13.7. The lowest BCUT2D eigenvalue weighted by atomic mass is 9.83. The minimum absolute atomic E-state index is 0.109. The molecular formula is C14H22N4O. The van der Waals surface area contributed by atoms with Crippen molar-refractivity contribution >= 4 is 11.6 Å². The van der Waals surface area contributed by atoms with Gasteiger partial charge in [0, 0.05) is 6.54 Å². The Morgan fingerprint density at radius 1 is 1.37 bits per heavy atom. The second-order valence-electron chi connectivity index (χ2n) is 5.41. The van der Waals surface area contributed by atoms with E-state index in [1.165, 1.54) is 25.7 Å². The van der Waals surface area contributed by atoms with Gasteiger partial charge in [0.1, 0.15) is 5.69 Å². The molecule has 0 spiro atoms. The maximum atomic E-state index is 11.9. The van der Waals surface area contributed by atoms with Crippen LogP contribution in [-0.2, 0) is 0 Å². The number of rotatable bonds is 4. The van der Waals surface area contributed by atoms with Gasteiger partial charge < -0.3 is 10.7 Å². The van der Waals surface area contributed by atoms with Crippen molar-refractivity contribution < 1.29 is 4.79 Å². The largest absolute Gasteiger partial charge is 0.350 e. The number of nitrogens with two attached hydrogens (primary N) is 1. The van der Waals surface area contributed by atoms with Gasteiger partial charge >= 0.3 is 0 Å². The quantitative estimate of drug-likeness (QED) is 0.572. The smallest absolute Gasteiger partial charge is 0.269 e. The first-order valence-corrected chi connectivity index (χ1v) is 6.90. The molecule has 4 N–H and O–H groups in total. The van der Waals surface area contributed by atoms with E-state index in [1.54, 1.807) is 18.3 Å². The fraction of sp³-hybridized carbons (Fsp3) is 0.571. The first-order chi connectivity index (χ1) is 9.19. The molecule has 1 heterocycles. The Balaban J connectivity index is 1.80. The van der Waals surface area contributed by atoms with E-state index in [0.717, 1.165) is 12.5 Å². The first-order valence-electron chi connectivity index (χ1n) is 6.90. The van der Waals surface area contributed by atoms with E-state index in [2.05, 4.69) is 22.7 Å². The first kappa shape index (κ1) is 13.8. The van der Waals surface area contributed by atoms with Crippen molar-refractivity contribution in [2.75, 3.05) is 12.0 Å². The lowest BCUT2D eigenvalue weighted by molar-refractivity contribution is 0.0937. The molecule has 5 nitrogen and oxygen atoms in total. The van der Waals surface area contributed by atoms with E-state index in [-0.39, 0.29) is 5.91 Å². The third kappa shape index (κ3) is 3.92. The summed E-state index contributed by atoms with van der Waals surface area (Å²) >= 11 is 0. The van der Waals surface area contributed by atoms with Crippen LogP contribution in [0.4, 0.5) is 5.69 Å². The second-order valence-corrected chi connectivity index (χ2v) is 5.41. The number of nitrogens with zero attached hydrogens (tertiary/aromatic N) is 1. The second kappa shape index (κ2) is 6.52. The van der Waals surface area contributed by atoms with Crippen LogP contribution in [0.15, 0.2) is 18.3 Å². The molecule has 0 aromatic carbocycles. The van der Waals surface area contributed by atoms with E-state index >= 15 is 0 Å². The summed E-state index contributed by atoms with van der Waals surface area (Å²) in [6, 6.07) is 3.41. The molecule has 1 saturated carbocycles. The summed E-state index contributed by atoms with van der Waals surface area (Å²) in [5.74, 6) is 6.60. The SMILES string of the molecule is CC1CCC(CNC(=O)c2ccc(NN)cn2)CC1. The number of hydrogen-bond acceptors (Lipinski definition) is 4. The van der Waals surface area contributed by atoms with Crippen LogP contribution in [0.1, 0.15) is 43.1 Å². The van der Waals surface area contributed by atoms with Gasteiger partial charge in [0.15, 0.2) is 0 Å². The molecule has 2 rings (SSSR count). The Morgan fingerprint density at radius 2 is 2.11 bits per heavy atom. The van der Waals surface area contributed by atoms with Crippen LogP contribution >= 0.6 is 0 Å². The average Bonchev–Trinajstić information content (AvgIpc) is 2.46. The monoisotopic (exact) mass is 262 g/mol. The predicted molar refractivity (Wildman–Crippen MR) is 75.5 cm³/mol. The van der Waals surface area contributed by atoms with Crippen molar-refractivity contribution in [3.05, 3.63) is 24.0 Å². The Labute approximate surface area is 114 Å². The molecule has 0 unspecified atom stereocenters. The highest BCUT2D eigenvalue weighted by atomic mass is 16.1. The van der Waals surface area contributed by atoms with E-state index in [9.17, 15) is 4.79 Å². The summed E-state index contributed by atoms with van der Waals surface area (Å²) in [5.41, 5.74) is 3.61. The predicted octanol–water partition coefficient (Wildman–Crippen LogP) is 1.92. The molecule has 1 fully saturated rings.